The molecule has 2 aromatic carbocycles. The fourth-order valence-corrected chi connectivity index (χ4v) is 8.54. The van der Waals surface area contributed by atoms with Gasteiger partial charge >= 0.3 is 0 Å². The van der Waals surface area contributed by atoms with Crippen molar-refractivity contribution in [3.63, 3.8) is 0 Å². The van der Waals surface area contributed by atoms with Crippen molar-refractivity contribution in [2.45, 2.75) is 38.9 Å². The maximum atomic E-state index is 13.7. The smallest absolute Gasteiger partial charge is 0.229 e. The van der Waals surface area contributed by atoms with E-state index in [1.807, 2.05) is 60.9 Å². The molecule has 0 spiro atoms. The van der Waals surface area contributed by atoms with E-state index in [0.717, 1.165) is 77.9 Å². The molecule has 2 atom stereocenters. The first kappa shape index (κ1) is 36.5. The lowest BCUT2D eigenvalue weighted by atomic mass is 10.0. The Morgan fingerprint density at radius 3 is 2.11 bits per heavy atom. The molecule has 3 aromatic heterocycles. The summed E-state index contributed by atoms with van der Waals surface area (Å²) in [6, 6.07) is 18.2. The molecule has 8 rings (SSSR count). The average molecular weight is 745 g/mol. The molecular weight excluding hydrogens is 697 g/mol. The summed E-state index contributed by atoms with van der Waals surface area (Å²) in [5.41, 5.74) is 4.60. The number of ether oxygens (including phenoxy) is 5. The van der Waals surface area contributed by atoms with Crippen molar-refractivity contribution in [2.24, 2.45) is 17.8 Å². The predicted octanol–water partition coefficient (Wildman–Crippen LogP) is 6.54. The minimum Gasteiger partial charge on any atom is -0.497 e. The summed E-state index contributed by atoms with van der Waals surface area (Å²) in [5, 5.41) is 4.91. The molecule has 0 bridgehead atoms. The van der Waals surface area contributed by atoms with Gasteiger partial charge in [-0.1, -0.05) is 0 Å². The van der Waals surface area contributed by atoms with Crippen molar-refractivity contribution < 1.29 is 28.5 Å². The zero-order valence-electron chi connectivity index (χ0n) is 32.1. The number of aromatic nitrogens is 3. The van der Waals surface area contributed by atoms with E-state index in [1.165, 1.54) is 0 Å². The molecule has 55 heavy (non-hydrogen) atoms. The van der Waals surface area contributed by atoms with E-state index in [2.05, 4.69) is 33.1 Å². The van der Waals surface area contributed by atoms with E-state index in [9.17, 15) is 4.79 Å². The van der Waals surface area contributed by atoms with E-state index in [4.69, 9.17) is 33.7 Å². The number of hydrogen-bond acceptors (Lipinski definition) is 11. The van der Waals surface area contributed by atoms with E-state index >= 15 is 0 Å². The zero-order chi connectivity index (χ0) is 38.1. The highest BCUT2D eigenvalue weighted by atomic mass is 16.5. The third-order valence-corrected chi connectivity index (χ3v) is 11.6. The van der Waals surface area contributed by atoms with Crippen LogP contribution in [0.3, 0.4) is 0 Å². The third kappa shape index (κ3) is 7.48. The number of carbonyl (C=O) groups is 1. The number of benzene rings is 2. The number of fused-ring (bicyclic) bond motifs is 2. The van der Waals surface area contributed by atoms with Crippen molar-refractivity contribution in [1.82, 2.24) is 19.9 Å². The summed E-state index contributed by atoms with van der Waals surface area (Å²) in [6.45, 7) is 6.50. The molecule has 3 aliphatic rings. The minimum absolute atomic E-state index is 0.0332. The quantitative estimate of drug-likeness (QED) is 0.142. The highest BCUT2D eigenvalue weighted by Crippen LogP contribution is 2.59. The topological polar surface area (TPSA) is 120 Å². The Morgan fingerprint density at radius 2 is 1.51 bits per heavy atom. The van der Waals surface area contributed by atoms with Gasteiger partial charge in [0, 0.05) is 90.9 Å². The lowest BCUT2D eigenvalue weighted by Crippen LogP contribution is -2.43. The van der Waals surface area contributed by atoms with Gasteiger partial charge in [0.15, 0.2) is 0 Å². The van der Waals surface area contributed by atoms with Crippen molar-refractivity contribution in [1.29, 1.82) is 0 Å². The molecule has 1 N–H and O–H groups in total. The Balaban J connectivity index is 1.16. The second-order valence-electron chi connectivity index (χ2n) is 14.6. The van der Waals surface area contributed by atoms with Crippen LogP contribution in [-0.2, 0) is 22.6 Å². The van der Waals surface area contributed by atoms with Gasteiger partial charge in [0.25, 0.3) is 0 Å². The largest absolute Gasteiger partial charge is 0.497 e. The van der Waals surface area contributed by atoms with Gasteiger partial charge < -0.3 is 33.9 Å². The number of methoxy groups -OCH3 is 4. The zero-order valence-corrected chi connectivity index (χ0v) is 32.1. The molecule has 1 aliphatic heterocycles. The van der Waals surface area contributed by atoms with Crippen LogP contribution < -0.4 is 29.2 Å². The molecule has 1 saturated heterocycles. The summed E-state index contributed by atoms with van der Waals surface area (Å²) in [4.78, 5) is 33.0. The highest BCUT2D eigenvalue weighted by molar-refractivity contribution is 5.99. The van der Waals surface area contributed by atoms with Gasteiger partial charge in [0.05, 0.1) is 47.3 Å². The van der Waals surface area contributed by atoms with Gasteiger partial charge in [-0.05, 0) is 85.0 Å². The lowest BCUT2D eigenvalue weighted by molar-refractivity contribution is -0.118. The van der Waals surface area contributed by atoms with Crippen molar-refractivity contribution in [3.8, 4) is 34.3 Å². The van der Waals surface area contributed by atoms with Crippen LogP contribution in [0.25, 0.3) is 22.0 Å². The Bertz CT molecular complexity index is 2120. The normalized spacial score (nSPS) is 20.5. The maximum absolute atomic E-state index is 13.7. The van der Waals surface area contributed by atoms with Gasteiger partial charge in [0.1, 0.15) is 34.6 Å². The molecule has 5 aromatic rings. The molecular formula is C43H48N6O6. The molecule has 0 radical (unpaired) electrons. The van der Waals surface area contributed by atoms with Gasteiger partial charge in [-0.3, -0.25) is 14.7 Å². The van der Waals surface area contributed by atoms with Crippen LogP contribution in [0.2, 0.25) is 0 Å². The SMILES string of the molecule is COc1ccc(CN(Cc2ccc(OC)cc2OC)c2nc(-c3cnccc3C)cc3cc(NC(=O)C4C5CC(N6CCOCC6)CC54)ncc23)c(OC)c1. The number of hydrogen-bond donors (Lipinski definition) is 1. The summed E-state index contributed by atoms with van der Waals surface area (Å²) in [5.74, 6) is 4.98. The van der Waals surface area contributed by atoms with Crippen LogP contribution in [0.1, 0.15) is 29.5 Å². The van der Waals surface area contributed by atoms with Gasteiger partial charge in [-0.15, -0.1) is 0 Å². The van der Waals surface area contributed by atoms with Gasteiger partial charge in [0.2, 0.25) is 5.91 Å². The van der Waals surface area contributed by atoms with Crippen molar-refractivity contribution in [2.75, 3.05) is 65.0 Å². The summed E-state index contributed by atoms with van der Waals surface area (Å²) >= 11 is 0. The van der Waals surface area contributed by atoms with Crippen molar-refractivity contribution in [3.05, 3.63) is 89.9 Å². The maximum Gasteiger partial charge on any atom is 0.229 e. The fourth-order valence-electron chi connectivity index (χ4n) is 8.54. The molecule has 2 saturated carbocycles. The van der Waals surface area contributed by atoms with Crippen LogP contribution in [0.5, 0.6) is 23.0 Å². The molecule has 3 fully saturated rings. The predicted molar refractivity (Wildman–Crippen MR) is 211 cm³/mol. The Kier molecular flexibility index (Phi) is 10.4. The molecule has 2 aliphatic carbocycles. The third-order valence-electron chi connectivity index (χ3n) is 11.6. The molecule has 286 valence electrons. The lowest BCUT2D eigenvalue weighted by Gasteiger charge is -2.33. The second kappa shape index (κ2) is 15.7. The van der Waals surface area contributed by atoms with Crippen LogP contribution in [0.15, 0.2) is 73.2 Å². The molecule has 4 heterocycles. The second-order valence-corrected chi connectivity index (χ2v) is 14.6. The van der Waals surface area contributed by atoms with Crippen LogP contribution >= 0.6 is 0 Å². The number of pyridine rings is 3. The number of nitrogens with one attached hydrogen (secondary N) is 1. The monoisotopic (exact) mass is 744 g/mol. The van der Waals surface area contributed by atoms with Gasteiger partial charge in [-0.2, -0.15) is 0 Å². The molecule has 12 nitrogen and oxygen atoms in total. The number of carbonyl (C=O) groups excluding carboxylic acids is 1. The average Bonchev–Trinajstić information content (AvgIpc) is 3.73. The molecule has 12 heteroatoms. The number of rotatable bonds is 13. The molecule has 2 unspecified atom stereocenters. The first-order valence-corrected chi connectivity index (χ1v) is 18.9. The number of aryl methyl sites for hydroxylation is 1. The van der Waals surface area contributed by atoms with E-state index in [1.54, 1.807) is 34.6 Å². The number of amides is 1. The van der Waals surface area contributed by atoms with Crippen LogP contribution in [0, 0.1) is 24.7 Å². The van der Waals surface area contributed by atoms with Crippen molar-refractivity contribution >= 4 is 28.3 Å². The van der Waals surface area contributed by atoms with E-state index in [0.29, 0.717) is 65.6 Å². The summed E-state index contributed by atoms with van der Waals surface area (Å²) in [6.07, 6.45) is 7.59. The van der Waals surface area contributed by atoms with E-state index in [-0.39, 0.29) is 11.8 Å². The highest BCUT2D eigenvalue weighted by Gasteiger charge is 2.60. The first-order valence-electron chi connectivity index (χ1n) is 18.9. The fraction of sp³-hybridized carbons (Fsp3) is 0.395. The Morgan fingerprint density at radius 1 is 0.855 bits per heavy atom. The van der Waals surface area contributed by atoms with Gasteiger partial charge in [-0.25, -0.2) is 9.97 Å². The Labute approximate surface area is 321 Å². The standard InChI is InChI=1S/C43H48N6O6/c1-26-10-11-44-22-35(26)37-16-29-17-40(47-43(50)41-33-18-30(19-34(33)41)48-12-14-55-15-13-48)45-23-36(29)42(46-37)49(24-27-6-8-31(51-2)20-38(27)53-4)25-28-7-9-32(52-3)21-39(28)54-5/h6-11,16-17,20-23,30,33-34,41H,12-15,18-19,24-25H2,1-5H3,(H,45,47,50). The number of anilines is 2. The minimum atomic E-state index is 0.0332. The van der Waals surface area contributed by atoms with E-state index < -0.39 is 0 Å². The Hall–Kier alpha value is -5.46. The first-order chi connectivity index (χ1) is 26.9. The summed E-state index contributed by atoms with van der Waals surface area (Å²) < 4.78 is 28.3. The number of morpholine rings is 1. The molecule has 1 amide bonds. The van der Waals surface area contributed by atoms with Crippen LogP contribution in [0.4, 0.5) is 11.6 Å². The number of nitrogens with zero attached hydrogens (tertiary/aromatic N) is 5. The summed E-state index contributed by atoms with van der Waals surface area (Å²) in [7, 11) is 6.60. The van der Waals surface area contributed by atoms with Crippen LogP contribution in [-0.4, -0.2) is 86.5 Å².